The highest BCUT2D eigenvalue weighted by Crippen LogP contribution is 2.32. The van der Waals surface area contributed by atoms with Crippen molar-refractivity contribution in [1.29, 1.82) is 0 Å². The predicted molar refractivity (Wildman–Crippen MR) is 63.2 cm³/mol. The van der Waals surface area contributed by atoms with Crippen molar-refractivity contribution in [2.75, 3.05) is 0 Å². The number of carbonyl (C=O) groups is 2. The summed E-state index contributed by atoms with van der Waals surface area (Å²) < 4.78 is 37.6. The number of nitrogens with two attached hydrogens (primary N) is 1. The van der Waals surface area contributed by atoms with Gasteiger partial charge in [0.2, 0.25) is 5.91 Å². The average molecular weight is 307 g/mol. The van der Waals surface area contributed by atoms with E-state index in [2.05, 4.69) is 0 Å². The first-order valence-electron chi connectivity index (χ1n) is 5.63. The number of carbonyl (C=O) groups excluding carboxylic acids is 1. The molecule has 0 aliphatic rings. The molecule has 0 aliphatic carbocycles. The zero-order valence-corrected chi connectivity index (χ0v) is 10.5. The summed E-state index contributed by atoms with van der Waals surface area (Å²) in [5.41, 5.74) is 2.35. The summed E-state index contributed by atoms with van der Waals surface area (Å²) in [7, 11) is 0. The molecule has 0 saturated heterocycles. The lowest BCUT2D eigenvalue weighted by Gasteiger charge is -2.19. The Bertz CT molecular complexity index is 558. The first-order valence-corrected chi connectivity index (χ1v) is 5.63. The molecule has 0 aromatic heterocycles. The van der Waals surface area contributed by atoms with E-state index in [1.165, 1.54) is 0 Å². The number of hydrogen-bond donors (Lipinski definition) is 4. The summed E-state index contributed by atoms with van der Waals surface area (Å²) in [6, 6.07) is 1.65. The van der Waals surface area contributed by atoms with Crippen molar-refractivity contribution in [2.45, 2.75) is 24.8 Å². The number of aliphatic hydroxyl groups is 2. The first kappa shape index (κ1) is 16.9. The summed E-state index contributed by atoms with van der Waals surface area (Å²) in [4.78, 5) is 21.6. The summed E-state index contributed by atoms with van der Waals surface area (Å²) in [6.45, 7) is 0. The quantitative estimate of drug-likeness (QED) is 0.637. The van der Waals surface area contributed by atoms with Gasteiger partial charge in [-0.1, -0.05) is 6.07 Å². The van der Waals surface area contributed by atoms with Gasteiger partial charge in [-0.05, 0) is 17.7 Å². The van der Waals surface area contributed by atoms with Crippen molar-refractivity contribution in [3.05, 3.63) is 34.9 Å². The molecule has 0 heterocycles. The Labute approximate surface area is 116 Å². The van der Waals surface area contributed by atoms with Crippen LogP contribution in [0.4, 0.5) is 13.2 Å². The van der Waals surface area contributed by atoms with Crippen molar-refractivity contribution in [3.8, 4) is 0 Å². The maximum absolute atomic E-state index is 12.5. The average Bonchev–Trinajstić information content (AvgIpc) is 2.35. The molecule has 0 fully saturated rings. The molecular weight excluding hydrogens is 295 g/mol. The van der Waals surface area contributed by atoms with Crippen LogP contribution in [0.25, 0.3) is 0 Å². The van der Waals surface area contributed by atoms with Gasteiger partial charge in [-0.2, -0.15) is 13.2 Å². The van der Waals surface area contributed by atoms with Crippen LogP contribution >= 0.6 is 0 Å². The SMILES string of the molecule is NC(=O)CC(O)C(O)c1ccc(C(F)(F)F)cc1C(=O)O. The molecule has 9 heteroatoms. The highest BCUT2D eigenvalue weighted by molar-refractivity contribution is 5.90. The van der Waals surface area contributed by atoms with Gasteiger partial charge in [0.15, 0.2) is 0 Å². The van der Waals surface area contributed by atoms with Crippen LogP contribution in [0.15, 0.2) is 18.2 Å². The molecule has 21 heavy (non-hydrogen) atoms. The molecule has 0 aliphatic heterocycles. The molecule has 6 nitrogen and oxygen atoms in total. The standard InChI is InChI=1S/C12H12F3NO5/c13-12(14,15)5-1-2-6(7(3-5)11(20)21)10(19)8(17)4-9(16)18/h1-3,8,10,17,19H,4H2,(H2,16,18)(H,20,21). The number of aliphatic hydroxyl groups excluding tert-OH is 2. The fraction of sp³-hybridized carbons (Fsp3) is 0.333. The second-order valence-electron chi connectivity index (χ2n) is 4.29. The molecule has 2 unspecified atom stereocenters. The zero-order chi connectivity index (χ0) is 16.4. The van der Waals surface area contributed by atoms with Crippen molar-refractivity contribution < 1.29 is 38.1 Å². The minimum Gasteiger partial charge on any atom is -0.478 e. The van der Waals surface area contributed by atoms with Crippen LogP contribution in [-0.4, -0.2) is 33.3 Å². The normalized spacial score (nSPS) is 14.5. The van der Waals surface area contributed by atoms with Crippen LogP contribution in [0.1, 0.15) is 34.0 Å². The van der Waals surface area contributed by atoms with E-state index in [1.807, 2.05) is 0 Å². The van der Waals surface area contributed by atoms with Gasteiger partial charge in [-0.15, -0.1) is 0 Å². The van der Waals surface area contributed by atoms with Crippen LogP contribution in [0.3, 0.4) is 0 Å². The minimum atomic E-state index is -4.75. The van der Waals surface area contributed by atoms with Crippen molar-refractivity contribution in [2.24, 2.45) is 5.73 Å². The number of rotatable bonds is 5. The lowest BCUT2D eigenvalue weighted by Crippen LogP contribution is -2.27. The third kappa shape index (κ3) is 4.17. The maximum Gasteiger partial charge on any atom is 0.416 e. The van der Waals surface area contributed by atoms with Crippen LogP contribution in [0.2, 0.25) is 0 Å². The highest BCUT2D eigenvalue weighted by Gasteiger charge is 2.33. The number of benzene rings is 1. The van der Waals surface area contributed by atoms with Gasteiger partial charge in [0, 0.05) is 0 Å². The third-order valence-electron chi connectivity index (χ3n) is 2.70. The Morgan fingerprint density at radius 2 is 1.81 bits per heavy atom. The summed E-state index contributed by atoms with van der Waals surface area (Å²) in [5.74, 6) is -2.66. The largest absolute Gasteiger partial charge is 0.478 e. The fourth-order valence-corrected chi connectivity index (χ4v) is 1.70. The van der Waals surface area contributed by atoms with E-state index in [9.17, 15) is 33.0 Å². The molecule has 1 aromatic rings. The minimum absolute atomic E-state index is 0.345. The van der Waals surface area contributed by atoms with Crippen LogP contribution in [0.5, 0.6) is 0 Å². The van der Waals surface area contributed by atoms with Gasteiger partial charge >= 0.3 is 12.1 Å². The molecule has 0 bridgehead atoms. The number of carboxylic acid groups (broad SMARTS) is 1. The van der Waals surface area contributed by atoms with Crippen LogP contribution < -0.4 is 5.73 Å². The van der Waals surface area contributed by atoms with E-state index in [1.54, 1.807) is 0 Å². The van der Waals surface area contributed by atoms with E-state index < -0.39 is 53.4 Å². The number of aromatic carboxylic acids is 1. The van der Waals surface area contributed by atoms with Gasteiger partial charge < -0.3 is 21.1 Å². The second kappa shape index (κ2) is 6.10. The lowest BCUT2D eigenvalue weighted by molar-refractivity contribution is -0.137. The Morgan fingerprint density at radius 3 is 2.24 bits per heavy atom. The fourth-order valence-electron chi connectivity index (χ4n) is 1.70. The van der Waals surface area contributed by atoms with Crippen molar-refractivity contribution >= 4 is 11.9 Å². The first-order chi connectivity index (χ1) is 9.54. The van der Waals surface area contributed by atoms with Gasteiger partial charge in [0.05, 0.1) is 23.7 Å². The molecule has 116 valence electrons. The number of alkyl halides is 3. The number of halogens is 3. The number of amides is 1. The van der Waals surface area contributed by atoms with Gasteiger partial charge in [-0.25, -0.2) is 4.79 Å². The molecule has 2 atom stereocenters. The van der Waals surface area contributed by atoms with Crippen molar-refractivity contribution in [1.82, 2.24) is 0 Å². The predicted octanol–water partition coefficient (Wildman–Crippen LogP) is 0.673. The van der Waals surface area contributed by atoms with E-state index in [0.717, 1.165) is 6.07 Å². The monoisotopic (exact) mass is 307 g/mol. The zero-order valence-electron chi connectivity index (χ0n) is 10.5. The van der Waals surface area contributed by atoms with E-state index in [0.29, 0.717) is 12.1 Å². The number of primary amides is 1. The highest BCUT2D eigenvalue weighted by atomic mass is 19.4. The van der Waals surface area contributed by atoms with E-state index in [4.69, 9.17) is 10.8 Å². The molecule has 0 radical (unpaired) electrons. The summed E-state index contributed by atoms with van der Waals surface area (Å²) in [6.07, 6.45) is -9.00. The van der Waals surface area contributed by atoms with E-state index in [-0.39, 0.29) is 0 Å². The topological polar surface area (TPSA) is 121 Å². The maximum atomic E-state index is 12.5. The van der Waals surface area contributed by atoms with Crippen LogP contribution in [-0.2, 0) is 11.0 Å². The molecule has 1 rings (SSSR count). The number of hydrogen-bond acceptors (Lipinski definition) is 4. The Morgan fingerprint density at radius 1 is 1.24 bits per heavy atom. The molecule has 1 aromatic carbocycles. The number of carboxylic acids is 1. The molecule has 0 spiro atoms. The van der Waals surface area contributed by atoms with Crippen molar-refractivity contribution in [3.63, 3.8) is 0 Å². The molecule has 5 N–H and O–H groups in total. The molecular formula is C12H12F3NO5. The summed E-state index contributed by atoms with van der Waals surface area (Å²) >= 11 is 0. The summed E-state index contributed by atoms with van der Waals surface area (Å²) in [5, 5.41) is 28.2. The third-order valence-corrected chi connectivity index (χ3v) is 2.70. The van der Waals surface area contributed by atoms with Gasteiger partial charge in [-0.3, -0.25) is 4.79 Å². The van der Waals surface area contributed by atoms with Gasteiger partial charge in [0.25, 0.3) is 0 Å². The van der Waals surface area contributed by atoms with E-state index >= 15 is 0 Å². The molecule has 1 amide bonds. The Balaban J connectivity index is 3.24. The smallest absolute Gasteiger partial charge is 0.416 e. The second-order valence-corrected chi connectivity index (χ2v) is 4.29. The van der Waals surface area contributed by atoms with Crippen LogP contribution in [0, 0.1) is 0 Å². The Kier molecular flexibility index (Phi) is 4.92. The molecule has 0 saturated carbocycles. The Hall–Kier alpha value is -2.13. The van der Waals surface area contributed by atoms with Gasteiger partial charge in [0.1, 0.15) is 6.10 Å². The lowest BCUT2D eigenvalue weighted by atomic mass is 9.95.